The predicted molar refractivity (Wildman–Crippen MR) is 93.8 cm³/mol. The zero-order chi connectivity index (χ0) is 19.9. The van der Waals surface area contributed by atoms with Crippen molar-refractivity contribution in [2.75, 3.05) is 10.2 Å². The normalized spacial score (nSPS) is 17.5. The Kier molecular flexibility index (Phi) is 4.77. The number of aromatic hydroxyl groups is 1. The highest BCUT2D eigenvalue weighted by Crippen LogP contribution is 2.37. The molecule has 2 aromatic rings. The summed E-state index contributed by atoms with van der Waals surface area (Å²) in [7, 11) is 0. The molecule has 0 spiro atoms. The molecule has 0 bridgehead atoms. The van der Waals surface area contributed by atoms with Gasteiger partial charge in [0.05, 0.1) is 22.7 Å². The molecule has 1 fully saturated rings. The molecule has 0 aromatic heterocycles. The van der Waals surface area contributed by atoms with Crippen molar-refractivity contribution in [3.05, 3.63) is 52.5 Å². The molecule has 1 aliphatic heterocycles. The molecule has 9 heteroatoms. The van der Waals surface area contributed by atoms with Crippen molar-refractivity contribution >= 4 is 34.8 Å². The first-order valence-corrected chi connectivity index (χ1v) is 8.25. The Hall–Kier alpha value is -2.74. The van der Waals surface area contributed by atoms with Crippen molar-refractivity contribution in [3.8, 4) is 5.75 Å². The summed E-state index contributed by atoms with van der Waals surface area (Å²) in [5.41, 5.74) is -0.165. The molecule has 27 heavy (non-hydrogen) atoms. The third-order valence-corrected chi connectivity index (χ3v) is 4.51. The molecule has 1 saturated heterocycles. The Morgan fingerprint density at radius 2 is 1.89 bits per heavy atom. The fraction of sp³-hybridized carbons (Fsp3) is 0.222. The number of phenolic OH excluding ortho intramolecular Hbond substituents is 1. The van der Waals surface area contributed by atoms with Gasteiger partial charge in [-0.2, -0.15) is 13.2 Å². The SMILES string of the molecule is Cc1cc(O)ccc1N1C(=O)CC(Nc2ccc(Cl)c(C(F)(F)F)c2)C1=O. The summed E-state index contributed by atoms with van der Waals surface area (Å²) in [6.45, 7) is 1.63. The number of anilines is 2. The fourth-order valence-corrected chi connectivity index (χ4v) is 3.15. The van der Waals surface area contributed by atoms with Crippen LogP contribution in [0.4, 0.5) is 24.5 Å². The van der Waals surface area contributed by atoms with Crippen LogP contribution in [0, 0.1) is 6.92 Å². The number of nitrogens with one attached hydrogen (secondary N) is 1. The van der Waals surface area contributed by atoms with Crippen LogP contribution in [0.3, 0.4) is 0 Å². The maximum atomic E-state index is 13.0. The van der Waals surface area contributed by atoms with Crippen LogP contribution in [0.2, 0.25) is 5.02 Å². The lowest BCUT2D eigenvalue weighted by Gasteiger charge is -2.19. The number of nitrogens with zero attached hydrogens (tertiary/aromatic N) is 1. The van der Waals surface area contributed by atoms with Crippen molar-refractivity contribution in [1.29, 1.82) is 0 Å². The van der Waals surface area contributed by atoms with E-state index >= 15 is 0 Å². The van der Waals surface area contributed by atoms with Crippen LogP contribution < -0.4 is 10.2 Å². The second kappa shape index (κ2) is 6.77. The largest absolute Gasteiger partial charge is 0.508 e. The van der Waals surface area contributed by atoms with Crippen LogP contribution >= 0.6 is 11.6 Å². The van der Waals surface area contributed by atoms with Crippen LogP contribution in [0.5, 0.6) is 5.75 Å². The number of imide groups is 1. The number of aryl methyl sites for hydroxylation is 1. The van der Waals surface area contributed by atoms with E-state index in [1.807, 2.05) is 0 Å². The van der Waals surface area contributed by atoms with Gasteiger partial charge in [-0.05, 0) is 48.9 Å². The van der Waals surface area contributed by atoms with E-state index in [0.29, 0.717) is 11.3 Å². The molecule has 1 unspecified atom stereocenters. The lowest BCUT2D eigenvalue weighted by atomic mass is 10.1. The fourth-order valence-electron chi connectivity index (χ4n) is 2.92. The number of hydrogen-bond donors (Lipinski definition) is 2. The molecule has 1 atom stereocenters. The Morgan fingerprint density at radius 3 is 2.52 bits per heavy atom. The number of benzene rings is 2. The maximum absolute atomic E-state index is 13.0. The van der Waals surface area contributed by atoms with E-state index in [2.05, 4.69) is 5.32 Å². The first-order valence-electron chi connectivity index (χ1n) is 7.87. The molecule has 0 radical (unpaired) electrons. The van der Waals surface area contributed by atoms with Crippen molar-refractivity contribution in [2.45, 2.75) is 25.6 Å². The smallest absolute Gasteiger partial charge is 0.417 e. The Labute approximate surface area is 157 Å². The lowest BCUT2D eigenvalue weighted by Crippen LogP contribution is -2.35. The summed E-state index contributed by atoms with van der Waals surface area (Å²) in [5.74, 6) is -1.08. The van der Waals surface area contributed by atoms with Gasteiger partial charge in [-0.3, -0.25) is 9.59 Å². The third-order valence-electron chi connectivity index (χ3n) is 4.18. The number of alkyl halides is 3. The first kappa shape index (κ1) is 19.0. The zero-order valence-corrected chi connectivity index (χ0v) is 14.7. The molecule has 5 nitrogen and oxygen atoms in total. The minimum atomic E-state index is -4.64. The Bertz CT molecular complexity index is 931. The van der Waals surface area contributed by atoms with Crippen LogP contribution in [-0.2, 0) is 15.8 Å². The summed E-state index contributed by atoms with van der Waals surface area (Å²) in [4.78, 5) is 25.9. The van der Waals surface area contributed by atoms with E-state index < -0.39 is 34.6 Å². The molecule has 2 N–H and O–H groups in total. The van der Waals surface area contributed by atoms with Gasteiger partial charge in [0.25, 0.3) is 5.91 Å². The van der Waals surface area contributed by atoms with Crippen molar-refractivity contribution in [3.63, 3.8) is 0 Å². The Balaban J connectivity index is 1.86. The molecular weight excluding hydrogens is 385 g/mol. The van der Waals surface area contributed by atoms with Gasteiger partial charge >= 0.3 is 6.18 Å². The second-order valence-corrected chi connectivity index (χ2v) is 6.54. The summed E-state index contributed by atoms with van der Waals surface area (Å²) in [6.07, 6.45) is -4.84. The van der Waals surface area contributed by atoms with Crippen LogP contribution in [-0.4, -0.2) is 23.0 Å². The number of carbonyl (C=O) groups is 2. The van der Waals surface area contributed by atoms with E-state index in [0.717, 1.165) is 17.0 Å². The number of rotatable bonds is 3. The molecule has 1 heterocycles. The average molecular weight is 399 g/mol. The van der Waals surface area contributed by atoms with Gasteiger partial charge in [0, 0.05) is 5.69 Å². The number of hydrogen-bond acceptors (Lipinski definition) is 4. The topological polar surface area (TPSA) is 69.6 Å². The van der Waals surface area contributed by atoms with Gasteiger partial charge in [0.2, 0.25) is 5.91 Å². The van der Waals surface area contributed by atoms with Crippen LogP contribution in [0.25, 0.3) is 0 Å². The van der Waals surface area contributed by atoms with Crippen molar-refractivity contribution in [2.24, 2.45) is 0 Å². The minimum Gasteiger partial charge on any atom is -0.508 e. The Morgan fingerprint density at radius 1 is 1.19 bits per heavy atom. The molecular formula is C18H14ClF3N2O3. The summed E-state index contributed by atoms with van der Waals surface area (Å²) >= 11 is 5.59. The van der Waals surface area contributed by atoms with Gasteiger partial charge in [-0.1, -0.05) is 11.6 Å². The van der Waals surface area contributed by atoms with Crippen molar-refractivity contribution in [1.82, 2.24) is 0 Å². The summed E-state index contributed by atoms with van der Waals surface area (Å²) < 4.78 is 38.9. The molecule has 2 aromatic carbocycles. The second-order valence-electron chi connectivity index (χ2n) is 6.13. The summed E-state index contributed by atoms with van der Waals surface area (Å²) in [5, 5.41) is 11.7. The van der Waals surface area contributed by atoms with Crippen LogP contribution in [0.1, 0.15) is 17.5 Å². The summed E-state index contributed by atoms with van der Waals surface area (Å²) in [6, 6.07) is 6.37. The first-order chi connectivity index (χ1) is 12.6. The molecule has 3 rings (SSSR count). The number of amides is 2. The lowest BCUT2D eigenvalue weighted by molar-refractivity contribution is -0.137. The predicted octanol–water partition coefficient (Wildman–Crippen LogP) is 4.12. The quantitative estimate of drug-likeness (QED) is 0.763. The number of phenols is 1. The standard InChI is InChI=1S/C18H14ClF3N2O3/c1-9-6-11(25)3-5-15(9)24-16(26)8-14(17(24)27)23-10-2-4-13(19)12(7-10)18(20,21)22/h2-7,14,23,25H,8H2,1H3. The zero-order valence-electron chi connectivity index (χ0n) is 14.0. The third kappa shape index (κ3) is 3.71. The molecule has 1 aliphatic rings. The van der Waals surface area contributed by atoms with E-state index in [1.165, 1.54) is 24.3 Å². The molecule has 2 amide bonds. The highest BCUT2D eigenvalue weighted by atomic mass is 35.5. The van der Waals surface area contributed by atoms with Crippen LogP contribution in [0.15, 0.2) is 36.4 Å². The number of carbonyl (C=O) groups excluding carboxylic acids is 2. The van der Waals surface area contributed by atoms with Gasteiger partial charge < -0.3 is 10.4 Å². The average Bonchev–Trinajstić information content (AvgIpc) is 2.83. The highest BCUT2D eigenvalue weighted by Gasteiger charge is 2.40. The van der Waals surface area contributed by atoms with Gasteiger partial charge in [0.1, 0.15) is 11.8 Å². The van der Waals surface area contributed by atoms with Crippen molar-refractivity contribution < 1.29 is 27.9 Å². The maximum Gasteiger partial charge on any atom is 0.417 e. The molecule has 142 valence electrons. The van der Waals surface area contributed by atoms with E-state index in [9.17, 15) is 27.9 Å². The van der Waals surface area contributed by atoms with E-state index in [1.54, 1.807) is 6.92 Å². The molecule has 0 aliphatic carbocycles. The van der Waals surface area contributed by atoms with E-state index in [4.69, 9.17) is 11.6 Å². The van der Waals surface area contributed by atoms with E-state index in [-0.39, 0.29) is 17.9 Å². The van der Waals surface area contributed by atoms with Gasteiger partial charge in [0.15, 0.2) is 0 Å². The number of halogens is 4. The van der Waals surface area contributed by atoms with Gasteiger partial charge in [-0.15, -0.1) is 0 Å². The minimum absolute atomic E-state index is 0.00846. The monoisotopic (exact) mass is 398 g/mol. The molecule has 0 saturated carbocycles. The van der Waals surface area contributed by atoms with Gasteiger partial charge in [-0.25, -0.2) is 4.90 Å². The highest BCUT2D eigenvalue weighted by molar-refractivity contribution is 6.31.